The van der Waals surface area contributed by atoms with Crippen LogP contribution in [0.3, 0.4) is 0 Å². The number of carbonyl (C=O) groups is 2. The van der Waals surface area contributed by atoms with Gasteiger partial charge in [0.05, 0.1) is 6.61 Å². The Hall–Kier alpha value is -4.90. The third-order valence-corrected chi connectivity index (χ3v) is 5.80. The van der Waals surface area contributed by atoms with Gasteiger partial charge in [0.25, 0.3) is 0 Å². The summed E-state index contributed by atoms with van der Waals surface area (Å²) in [6.07, 6.45) is 3.12. The zero-order chi connectivity index (χ0) is 25.6. The summed E-state index contributed by atoms with van der Waals surface area (Å²) < 4.78 is 17.7. The number of esters is 1. The van der Waals surface area contributed by atoms with Crippen LogP contribution in [0.2, 0.25) is 0 Å². The molecule has 0 aliphatic carbocycles. The second kappa shape index (κ2) is 10.8. The minimum Gasteiger partial charge on any atom is -0.494 e. The predicted octanol–water partition coefficient (Wildman–Crippen LogP) is 7.61. The first-order chi connectivity index (χ1) is 18.1. The smallest absolute Gasteiger partial charge is 0.348 e. The van der Waals surface area contributed by atoms with Crippen molar-refractivity contribution in [3.63, 3.8) is 0 Å². The summed E-state index contributed by atoms with van der Waals surface area (Å²) in [5, 5.41) is 0.599. The normalized spacial score (nSPS) is 11.1. The van der Waals surface area contributed by atoms with E-state index in [1.54, 1.807) is 48.5 Å². The number of rotatable bonds is 8. The standard InChI is InChI=1S/C32H24O5/c1-2-35-25-18-20-29-26(21-25)30(31(36-29)24-14-7-4-8-15-24)32(34)37-28-16-10-9-13-23(28)17-19-27(33)22-11-5-3-6-12-22/h3-21H,2H2,1H3/b19-17+. The molecule has 0 fully saturated rings. The van der Waals surface area contributed by atoms with Gasteiger partial charge in [0.15, 0.2) is 5.78 Å². The molecular weight excluding hydrogens is 464 g/mol. The summed E-state index contributed by atoms with van der Waals surface area (Å²) in [4.78, 5) is 26.2. The number of furan rings is 1. The number of para-hydroxylation sites is 1. The third kappa shape index (κ3) is 5.21. The van der Waals surface area contributed by atoms with Crippen LogP contribution in [0, 0.1) is 0 Å². The molecule has 4 aromatic carbocycles. The maximum absolute atomic E-state index is 13.7. The average molecular weight is 489 g/mol. The molecule has 182 valence electrons. The Balaban J connectivity index is 1.51. The van der Waals surface area contributed by atoms with E-state index in [0.717, 1.165) is 5.56 Å². The lowest BCUT2D eigenvalue weighted by Crippen LogP contribution is -2.10. The van der Waals surface area contributed by atoms with Gasteiger partial charge in [-0.3, -0.25) is 4.79 Å². The summed E-state index contributed by atoms with van der Waals surface area (Å²) in [6, 6.07) is 30.9. The first kappa shape index (κ1) is 23.8. The second-order valence-electron chi connectivity index (χ2n) is 8.25. The molecule has 0 unspecified atom stereocenters. The summed E-state index contributed by atoms with van der Waals surface area (Å²) in [5.41, 5.74) is 2.79. The fraction of sp³-hybridized carbons (Fsp3) is 0.0625. The number of hydrogen-bond donors (Lipinski definition) is 0. The maximum Gasteiger partial charge on any atom is 0.348 e. The molecule has 0 saturated heterocycles. The van der Waals surface area contributed by atoms with Crippen LogP contribution in [0.1, 0.15) is 33.2 Å². The van der Waals surface area contributed by atoms with Crippen LogP contribution in [0.15, 0.2) is 114 Å². The van der Waals surface area contributed by atoms with Gasteiger partial charge in [0.2, 0.25) is 0 Å². The Bertz CT molecular complexity index is 1580. The highest BCUT2D eigenvalue weighted by molar-refractivity contribution is 6.10. The van der Waals surface area contributed by atoms with Crippen molar-refractivity contribution < 1.29 is 23.5 Å². The fourth-order valence-corrected chi connectivity index (χ4v) is 4.05. The number of allylic oxidation sites excluding steroid dienone is 1. The maximum atomic E-state index is 13.7. The molecule has 0 aliphatic heterocycles. The first-order valence-electron chi connectivity index (χ1n) is 12.0. The summed E-state index contributed by atoms with van der Waals surface area (Å²) >= 11 is 0. The molecule has 5 aromatic rings. The van der Waals surface area contributed by atoms with Gasteiger partial charge in [0, 0.05) is 22.1 Å². The second-order valence-corrected chi connectivity index (χ2v) is 8.25. The highest BCUT2D eigenvalue weighted by Crippen LogP contribution is 2.36. The Morgan fingerprint density at radius 1 is 0.838 bits per heavy atom. The molecule has 0 spiro atoms. The van der Waals surface area contributed by atoms with E-state index in [1.165, 1.54) is 6.08 Å². The molecule has 0 atom stereocenters. The van der Waals surface area contributed by atoms with Crippen molar-refractivity contribution in [2.24, 2.45) is 0 Å². The molecule has 5 rings (SSSR count). The average Bonchev–Trinajstić information content (AvgIpc) is 3.32. The Labute approximate surface area is 214 Å². The monoisotopic (exact) mass is 488 g/mol. The zero-order valence-electron chi connectivity index (χ0n) is 20.2. The first-order valence-corrected chi connectivity index (χ1v) is 12.0. The van der Waals surface area contributed by atoms with Crippen molar-refractivity contribution in [1.29, 1.82) is 0 Å². The SMILES string of the molecule is CCOc1ccc2oc(-c3ccccc3)c(C(=O)Oc3ccccc3/C=C/C(=O)c3ccccc3)c2c1. The van der Waals surface area contributed by atoms with Crippen molar-refractivity contribution in [3.8, 4) is 22.8 Å². The molecule has 5 heteroatoms. The van der Waals surface area contributed by atoms with Gasteiger partial charge in [-0.05, 0) is 43.3 Å². The van der Waals surface area contributed by atoms with E-state index < -0.39 is 5.97 Å². The van der Waals surface area contributed by atoms with Crippen molar-refractivity contribution in [1.82, 2.24) is 0 Å². The van der Waals surface area contributed by atoms with Gasteiger partial charge in [-0.2, -0.15) is 0 Å². The molecule has 0 bridgehead atoms. The number of ether oxygens (including phenoxy) is 2. The van der Waals surface area contributed by atoms with Crippen LogP contribution in [0.4, 0.5) is 0 Å². The van der Waals surface area contributed by atoms with E-state index in [1.807, 2.05) is 67.6 Å². The van der Waals surface area contributed by atoms with Crippen LogP contribution in [0.5, 0.6) is 11.5 Å². The largest absolute Gasteiger partial charge is 0.494 e. The Kier molecular flexibility index (Phi) is 6.95. The summed E-state index contributed by atoms with van der Waals surface area (Å²) in [6.45, 7) is 2.40. The molecule has 0 N–H and O–H groups in total. The Morgan fingerprint density at radius 2 is 1.54 bits per heavy atom. The van der Waals surface area contributed by atoms with Crippen molar-refractivity contribution in [2.75, 3.05) is 6.61 Å². The lowest BCUT2D eigenvalue weighted by Gasteiger charge is -2.09. The van der Waals surface area contributed by atoms with Crippen molar-refractivity contribution >= 4 is 28.8 Å². The predicted molar refractivity (Wildman–Crippen MR) is 144 cm³/mol. The number of carbonyl (C=O) groups excluding carboxylic acids is 2. The molecule has 5 nitrogen and oxygen atoms in total. The minimum absolute atomic E-state index is 0.141. The van der Waals surface area contributed by atoms with Gasteiger partial charge >= 0.3 is 5.97 Å². The van der Waals surface area contributed by atoms with E-state index in [4.69, 9.17) is 13.9 Å². The van der Waals surface area contributed by atoms with Crippen LogP contribution in [0.25, 0.3) is 28.4 Å². The number of fused-ring (bicyclic) bond motifs is 1. The van der Waals surface area contributed by atoms with Crippen LogP contribution in [-0.2, 0) is 0 Å². The topological polar surface area (TPSA) is 65.7 Å². The molecular formula is C32H24O5. The summed E-state index contributed by atoms with van der Waals surface area (Å²) in [5.74, 6) is 0.673. The number of benzene rings is 4. The van der Waals surface area contributed by atoms with E-state index >= 15 is 0 Å². The highest BCUT2D eigenvalue weighted by atomic mass is 16.5. The van der Waals surface area contributed by atoms with Crippen molar-refractivity contribution in [3.05, 3.63) is 126 Å². The molecule has 1 heterocycles. The molecule has 0 radical (unpaired) electrons. The van der Waals surface area contributed by atoms with E-state index in [9.17, 15) is 9.59 Å². The van der Waals surface area contributed by atoms with Crippen LogP contribution in [-0.4, -0.2) is 18.4 Å². The highest BCUT2D eigenvalue weighted by Gasteiger charge is 2.25. The van der Waals surface area contributed by atoms with Gasteiger partial charge in [0.1, 0.15) is 28.4 Å². The molecule has 0 aliphatic rings. The van der Waals surface area contributed by atoms with Gasteiger partial charge < -0.3 is 13.9 Å². The van der Waals surface area contributed by atoms with Gasteiger partial charge in [-0.1, -0.05) is 78.9 Å². The molecule has 0 saturated carbocycles. The lowest BCUT2D eigenvalue weighted by molar-refractivity contribution is 0.0736. The number of hydrogen-bond acceptors (Lipinski definition) is 5. The molecule has 0 amide bonds. The number of ketones is 1. The third-order valence-electron chi connectivity index (χ3n) is 5.80. The van der Waals surface area contributed by atoms with E-state index in [-0.39, 0.29) is 5.78 Å². The van der Waals surface area contributed by atoms with Crippen LogP contribution >= 0.6 is 0 Å². The zero-order valence-corrected chi connectivity index (χ0v) is 20.2. The molecule has 37 heavy (non-hydrogen) atoms. The van der Waals surface area contributed by atoms with E-state index in [2.05, 4.69) is 0 Å². The van der Waals surface area contributed by atoms with Gasteiger partial charge in [-0.15, -0.1) is 0 Å². The van der Waals surface area contributed by atoms with E-state index in [0.29, 0.717) is 51.5 Å². The fourth-order valence-electron chi connectivity index (χ4n) is 4.05. The quantitative estimate of drug-likeness (QED) is 0.0973. The van der Waals surface area contributed by atoms with Crippen molar-refractivity contribution in [2.45, 2.75) is 6.92 Å². The molecule has 1 aromatic heterocycles. The Morgan fingerprint density at radius 3 is 2.30 bits per heavy atom. The van der Waals surface area contributed by atoms with Gasteiger partial charge in [-0.25, -0.2) is 4.79 Å². The lowest BCUT2D eigenvalue weighted by atomic mass is 10.1. The van der Waals surface area contributed by atoms with Crippen LogP contribution < -0.4 is 9.47 Å². The summed E-state index contributed by atoms with van der Waals surface area (Å²) in [7, 11) is 0. The minimum atomic E-state index is -0.568.